The first-order valence-electron chi connectivity index (χ1n) is 12.2. The van der Waals surface area contributed by atoms with E-state index in [0.29, 0.717) is 23.4 Å². The van der Waals surface area contributed by atoms with Gasteiger partial charge >= 0.3 is 5.97 Å². The van der Waals surface area contributed by atoms with Gasteiger partial charge in [0.05, 0.1) is 11.2 Å². The maximum Gasteiger partial charge on any atom is 0.345 e. The molecule has 1 aliphatic carbocycles. The second kappa shape index (κ2) is 9.22. The van der Waals surface area contributed by atoms with Crippen LogP contribution < -0.4 is 21.0 Å². The number of hydrogen-bond acceptors (Lipinski definition) is 9. The second-order valence-corrected chi connectivity index (χ2v) is 12.3. The van der Waals surface area contributed by atoms with E-state index >= 15 is 0 Å². The molecule has 0 spiro atoms. The van der Waals surface area contributed by atoms with E-state index in [1.165, 1.54) is 22.9 Å². The number of fused-ring (bicyclic) bond motifs is 2. The van der Waals surface area contributed by atoms with Crippen molar-refractivity contribution >= 4 is 39.2 Å². The van der Waals surface area contributed by atoms with Crippen molar-refractivity contribution < 1.29 is 28.8 Å². The summed E-state index contributed by atoms with van der Waals surface area (Å²) in [5.74, 6) is -1.10. The zero-order valence-corrected chi connectivity index (χ0v) is 22.0. The van der Waals surface area contributed by atoms with Gasteiger partial charge in [-0.2, -0.15) is 0 Å². The van der Waals surface area contributed by atoms with E-state index in [-0.39, 0.29) is 33.5 Å². The quantitative estimate of drug-likeness (QED) is 0.253. The molecule has 0 radical (unpaired) electrons. The molecule has 3 aromatic rings. The molecule has 6 N–H and O–H groups in total. The number of amidine groups is 1. The fourth-order valence-electron chi connectivity index (χ4n) is 4.31. The Balaban J connectivity index is 1.56. The number of aromatic nitrogens is 1. The van der Waals surface area contributed by atoms with Crippen LogP contribution in [0.4, 0.5) is 5.69 Å². The molecule has 38 heavy (non-hydrogen) atoms. The van der Waals surface area contributed by atoms with Crippen molar-refractivity contribution in [3.8, 4) is 11.5 Å². The number of para-hydroxylation sites is 1. The molecule has 0 bridgehead atoms. The summed E-state index contributed by atoms with van der Waals surface area (Å²) in [7, 11) is -3.85. The molecule has 202 valence electrons. The van der Waals surface area contributed by atoms with Crippen LogP contribution in [0.3, 0.4) is 0 Å². The van der Waals surface area contributed by atoms with E-state index in [1.807, 2.05) is 0 Å². The van der Waals surface area contributed by atoms with E-state index < -0.39 is 33.8 Å². The van der Waals surface area contributed by atoms with Crippen LogP contribution in [0.2, 0.25) is 0 Å². The Labute approximate surface area is 220 Å². The first kappa shape index (κ1) is 25.9. The number of aliphatic carboxylic acids is 1. The predicted octanol–water partition coefficient (Wildman–Crippen LogP) is 4.44. The number of hydrogen-bond donors (Lipinski definition) is 6. The molecule has 11 nitrogen and oxygen atoms in total. The summed E-state index contributed by atoms with van der Waals surface area (Å²) in [5, 5.41) is 24.0. The number of carboxylic acids is 1. The number of nitrogens with zero attached hydrogens (tertiary/aromatic N) is 2. The van der Waals surface area contributed by atoms with Crippen LogP contribution in [0.25, 0.3) is 10.9 Å². The highest BCUT2D eigenvalue weighted by molar-refractivity contribution is 8.23. The van der Waals surface area contributed by atoms with Gasteiger partial charge in [-0.3, -0.25) is 13.9 Å². The normalized spacial score (nSPS) is 18.1. The number of ether oxygens (including phenoxy) is 1. The molecule has 2 aliphatic rings. The van der Waals surface area contributed by atoms with Gasteiger partial charge in [-0.1, -0.05) is 43.7 Å². The number of pyridine rings is 1. The van der Waals surface area contributed by atoms with Gasteiger partial charge in [-0.15, -0.1) is 4.40 Å². The Bertz CT molecular complexity index is 1520. The van der Waals surface area contributed by atoms with Gasteiger partial charge < -0.3 is 25.7 Å². The zero-order valence-electron chi connectivity index (χ0n) is 21.1. The standard InChI is InChI=1S/C26H30N4O7S/c1-26(2,3)22(25(33)34)37-15-10-11-17-19(12-15)38(35,36)29-23(28-17)20-21(31)16-6-4-5-7-18(16)30(24(20)32)27-13-14-8-9-14/h4-7,10-12,14,22,27,31,35-36H,8-9,13H2,1-3H3,(H,28,29)(H,33,34). The highest BCUT2D eigenvalue weighted by Crippen LogP contribution is 2.56. The highest BCUT2D eigenvalue weighted by Gasteiger charge is 2.35. The average molecular weight is 543 g/mol. The molecule has 2 aromatic carbocycles. The van der Waals surface area contributed by atoms with Crippen LogP contribution in [-0.2, 0) is 4.79 Å². The van der Waals surface area contributed by atoms with Crippen LogP contribution in [0.1, 0.15) is 39.2 Å². The van der Waals surface area contributed by atoms with Crippen molar-refractivity contribution in [3.05, 3.63) is 58.4 Å². The Morgan fingerprint density at radius 1 is 1.24 bits per heavy atom. The van der Waals surface area contributed by atoms with Gasteiger partial charge in [0.15, 0.2) is 11.9 Å². The van der Waals surface area contributed by atoms with Crippen molar-refractivity contribution in [1.29, 1.82) is 0 Å². The Morgan fingerprint density at radius 3 is 2.61 bits per heavy atom. The van der Waals surface area contributed by atoms with Crippen molar-refractivity contribution in [2.45, 2.75) is 44.6 Å². The lowest BCUT2D eigenvalue weighted by molar-refractivity contribution is -0.150. The molecule has 1 unspecified atom stereocenters. The number of carboxylic acid groups (broad SMARTS) is 1. The fraction of sp³-hybridized carbons (Fsp3) is 0.346. The summed E-state index contributed by atoms with van der Waals surface area (Å²) in [6, 6.07) is 11.1. The number of nitrogens with one attached hydrogen (secondary N) is 2. The van der Waals surface area contributed by atoms with Crippen LogP contribution in [0.15, 0.2) is 56.6 Å². The Kier molecular flexibility index (Phi) is 6.28. The molecular formula is C26H30N4O7S. The van der Waals surface area contributed by atoms with Crippen molar-refractivity contribution in [2.75, 3.05) is 17.3 Å². The predicted molar refractivity (Wildman–Crippen MR) is 146 cm³/mol. The van der Waals surface area contributed by atoms with Crippen molar-refractivity contribution in [2.24, 2.45) is 15.7 Å². The average Bonchev–Trinajstić information content (AvgIpc) is 3.66. The summed E-state index contributed by atoms with van der Waals surface area (Å²) in [4.78, 5) is 25.3. The minimum Gasteiger partial charge on any atom is -0.506 e. The maximum absolute atomic E-state index is 13.6. The fourth-order valence-corrected chi connectivity index (χ4v) is 5.49. The number of anilines is 1. The molecule has 1 aliphatic heterocycles. The number of aromatic hydroxyl groups is 1. The van der Waals surface area contributed by atoms with Crippen molar-refractivity contribution in [1.82, 2.24) is 4.68 Å². The van der Waals surface area contributed by atoms with Gasteiger partial charge in [0.1, 0.15) is 22.0 Å². The molecule has 5 rings (SSSR count). The second-order valence-electron chi connectivity index (χ2n) is 10.6. The third-order valence-electron chi connectivity index (χ3n) is 6.51. The smallest absolute Gasteiger partial charge is 0.345 e. The molecule has 0 amide bonds. The lowest BCUT2D eigenvalue weighted by atomic mass is 9.89. The highest BCUT2D eigenvalue weighted by atomic mass is 32.3. The Hall–Kier alpha value is -3.74. The summed E-state index contributed by atoms with van der Waals surface area (Å²) in [5.41, 5.74) is 2.32. The molecule has 12 heteroatoms. The van der Waals surface area contributed by atoms with Gasteiger partial charge in [0.25, 0.3) is 5.56 Å². The molecule has 1 aromatic heterocycles. The Morgan fingerprint density at radius 2 is 1.95 bits per heavy atom. The van der Waals surface area contributed by atoms with Crippen LogP contribution in [-0.4, -0.2) is 48.4 Å². The number of rotatable bonds is 7. The molecular weight excluding hydrogens is 512 g/mol. The summed E-state index contributed by atoms with van der Waals surface area (Å²) < 4.78 is 33.0. The molecule has 1 fully saturated rings. The van der Waals surface area contributed by atoms with E-state index in [0.717, 1.165) is 12.8 Å². The first-order valence-corrected chi connectivity index (χ1v) is 13.7. The maximum atomic E-state index is 13.6. The monoisotopic (exact) mass is 542 g/mol. The topological polar surface area (TPSA) is 166 Å². The van der Waals surface area contributed by atoms with Crippen LogP contribution in [0, 0.1) is 11.3 Å². The van der Waals surface area contributed by atoms with E-state index in [1.54, 1.807) is 45.0 Å². The van der Waals surface area contributed by atoms with Gasteiger partial charge in [-0.25, -0.2) is 9.47 Å². The third-order valence-corrected chi connectivity index (χ3v) is 7.88. The molecule has 2 heterocycles. The lowest BCUT2D eigenvalue weighted by Crippen LogP contribution is -2.39. The van der Waals surface area contributed by atoms with E-state index in [2.05, 4.69) is 15.1 Å². The van der Waals surface area contributed by atoms with Crippen molar-refractivity contribution in [3.63, 3.8) is 0 Å². The van der Waals surface area contributed by atoms with Gasteiger partial charge in [0.2, 0.25) is 0 Å². The lowest BCUT2D eigenvalue weighted by Gasteiger charge is -2.35. The minimum absolute atomic E-state index is 0.0238. The summed E-state index contributed by atoms with van der Waals surface area (Å²) in [6.07, 6.45) is 0.963. The van der Waals surface area contributed by atoms with E-state index in [4.69, 9.17) is 4.74 Å². The van der Waals surface area contributed by atoms with E-state index in [9.17, 15) is 28.9 Å². The number of carbonyl (C=O) groups is 1. The van der Waals surface area contributed by atoms with Crippen LogP contribution >= 0.6 is 10.8 Å². The first-order chi connectivity index (χ1) is 17.9. The third kappa shape index (κ3) is 4.77. The zero-order chi connectivity index (χ0) is 27.4. The summed E-state index contributed by atoms with van der Waals surface area (Å²) >= 11 is 0. The molecule has 1 saturated carbocycles. The van der Waals surface area contributed by atoms with Gasteiger partial charge in [0, 0.05) is 23.4 Å². The molecule has 1 atom stereocenters. The number of benzene rings is 2. The van der Waals surface area contributed by atoms with Gasteiger partial charge in [-0.05, 0) is 43.0 Å². The SMILES string of the molecule is CC(C)(C)C(Oc1ccc2c(c1)S(O)(O)N=C(c1c(O)c3ccccc3n(NCC3CC3)c1=O)N2)C(=O)O. The molecule has 0 saturated heterocycles. The van der Waals surface area contributed by atoms with Crippen LogP contribution in [0.5, 0.6) is 11.5 Å². The minimum atomic E-state index is -3.85. The summed E-state index contributed by atoms with van der Waals surface area (Å²) in [6.45, 7) is 5.75. The largest absolute Gasteiger partial charge is 0.506 e.